The van der Waals surface area contributed by atoms with Gasteiger partial charge in [0.25, 0.3) is 5.69 Å². The van der Waals surface area contributed by atoms with E-state index in [1.165, 1.54) is 6.07 Å². The highest BCUT2D eigenvalue weighted by molar-refractivity contribution is 8.16. The van der Waals surface area contributed by atoms with Crippen LogP contribution in [0.25, 0.3) is 0 Å². The standard InChI is InChI=1S/C11H13NO3S2/c13-12(14)10-3-1-2-9(8-10)11-16-6-4-15-5-7-17-11/h1-3,8,11H,4-7H2. The van der Waals surface area contributed by atoms with E-state index in [1.54, 1.807) is 35.7 Å². The molecular weight excluding hydrogens is 258 g/mol. The molecule has 0 N–H and O–H groups in total. The average molecular weight is 271 g/mol. The fourth-order valence-corrected chi connectivity index (χ4v) is 4.05. The zero-order valence-corrected chi connectivity index (χ0v) is 10.8. The van der Waals surface area contributed by atoms with Gasteiger partial charge in [-0.3, -0.25) is 10.1 Å². The van der Waals surface area contributed by atoms with Crippen LogP contribution in [0.1, 0.15) is 10.1 Å². The van der Waals surface area contributed by atoms with E-state index in [4.69, 9.17) is 4.74 Å². The predicted octanol–water partition coefficient (Wildman–Crippen LogP) is 3.09. The number of non-ortho nitro benzene ring substituents is 1. The van der Waals surface area contributed by atoms with Gasteiger partial charge in [-0.2, -0.15) is 0 Å². The Morgan fingerprint density at radius 2 is 2.00 bits per heavy atom. The van der Waals surface area contributed by atoms with Crippen molar-refractivity contribution in [2.75, 3.05) is 24.7 Å². The van der Waals surface area contributed by atoms with E-state index in [2.05, 4.69) is 0 Å². The molecule has 1 aromatic carbocycles. The molecule has 1 aromatic rings. The van der Waals surface area contributed by atoms with Crippen LogP contribution in [0.3, 0.4) is 0 Å². The number of hydrogen-bond acceptors (Lipinski definition) is 5. The van der Waals surface area contributed by atoms with Crippen molar-refractivity contribution < 1.29 is 9.66 Å². The second-order valence-corrected chi connectivity index (χ2v) is 6.26. The van der Waals surface area contributed by atoms with Crippen molar-refractivity contribution >= 4 is 29.2 Å². The maximum Gasteiger partial charge on any atom is 0.269 e. The largest absolute Gasteiger partial charge is 0.380 e. The molecule has 0 unspecified atom stereocenters. The van der Waals surface area contributed by atoms with Crippen molar-refractivity contribution in [1.82, 2.24) is 0 Å². The Labute approximate surface area is 108 Å². The highest BCUT2D eigenvalue weighted by Gasteiger charge is 2.17. The lowest BCUT2D eigenvalue weighted by Crippen LogP contribution is -2.07. The van der Waals surface area contributed by atoms with Crippen molar-refractivity contribution in [3.8, 4) is 0 Å². The zero-order chi connectivity index (χ0) is 12.1. The van der Waals surface area contributed by atoms with Gasteiger partial charge in [0, 0.05) is 23.6 Å². The van der Waals surface area contributed by atoms with Crippen molar-refractivity contribution in [2.24, 2.45) is 0 Å². The molecule has 6 heteroatoms. The maximum atomic E-state index is 10.7. The van der Waals surface area contributed by atoms with Crippen molar-refractivity contribution in [2.45, 2.75) is 4.58 Å². The van der Waals surface area contributed by atoms with Crippen LogP contribution in [-0.4, -0.2) is 29.6 Å². The van der Waals surface area contributed by atoms with E-state index < -0.39 is 0 Å². The third kappa shape index (κ3) is 3.62. The molecule has 0 atom stereocenters. The number of nitro benzene ring substituents is 1. The maximum absolute atomic E-state index is 10.7. The van der Waals surface area contributed by atoms with Crippen molar-refractivity contribution in [3.63, 3.8) is 0 Å². The number of hydrogen-bond donors (Lipinski definition) is 0. The van der Waals surface area contributed by atoms with E-state index in [1.807, 2.05) is 6.07 Å². The quantitative estimate of drug-likeness (QED) is 0.611. The van der Waals surface area contributed by atoms with E-state index in [-0.39, 0.29) is 15.2 Å². The van der Waals surface area contributed by atoms with Gasteiger partial charge in [0.05, 0.1) is 22.7 Å². The van der Waals surface area contributed by atoms with Gasteiger partial charge >= 0.3 is 0 Å². The second kappa shape index (κ2) is 6.28. The molecule has 1 heterocycles. The Balaban J connectivity index is 2.13. The summed E-state index contributed by atoms with van der Waals surface area (Å²) >= 11 is 3.57. The molecule has 0 aliphatic carbocycles. The lowest BCUT2D eigenvalue weighted by atomic mass is 10.2. The number of nitrogens with zero attached hydrogens (tertiary/aromatic N) is 1. The molecule has 1 fully saturated rings. The summed E-state index contributed by atoms with van der Waals surface area (Å²) in [5.41, 5.74) is 1.19. The molecule has 92 valence electrons. The molecule has 17 heavy (non-hydrogen) atoms. The predicted molar refractivity (Wildman–Crippen MR) is 71.6 cm³/mol. The number of ether oxygens (including phenoxy) is 1. The SMILES string of the molecule is O=[N+]([O-])c1cccc(C2SCCOCCS2)c1. The summed E-state index contributed by atoms with van der Waals surface area (Å²) < 4.78 is 5.65. The third-order valence-electron chi connectivity index (χ3n) is 2.35. The van der Waals surface area contributed by atoms with E-state index in [0.717, 1.165) is 30.3 Å². The zero-order valence-electron chi connectivity index (χ0n) is 9.20. The summed E-state index contributed by atoms with van der Waals surface area (Å²) in [5, 5.41) is 10.7. The number of rotatable bonds is 2. The van der Waals surface area contributed by atoms with Crippen LogP contribution in [0.15, 0.2) is 24.3 Å². The van der Waals surface area contributed by atoms with Crippen LogP contribution in [0.2, 0.25) is 0 Å². The van der Waals surface area contributed by atoms with Gasteiger partial charge in [-0.25, -0.2) is 0 Å². The highest BCUT2D eigenvalue weighted by atomic mass is 32.2. The van der Waals surface area contributed by atoms with Gasteiger partial charge in [-0.1, -0.05) is 12.1 Å². The molecule has 1 aliphatic rings. The van der Waals surface area contributed by atoms with Gasteiger partial charge in [-0.05, 0) is 5.56 Å². The summed E-state index contributed by atoms with van der Waals surface area (Å²) in [6.07, 6.45) is 0. The minimum Gasteiger partial charge on any atom is -0.380 e. The van der Waals surface area contributed by atoms with Crippen LogP contribution in [-0.2, 0) is 4.74 Å². The molecule has 0 aromatic heterocycles. The highest BCUT2D eigenvalue weighted by Crippen LogP contribution is 2.40. The van der Waals surface area contributed by atoms with Crippen molar-refractivity contribution in [3.05, 3.63) is 39.9 Å². The first-order chi connectivity index (χ1) is 8.27. The molecule has 4 nitrogen and oxygen atoms in total. The van der Waals surface area contributed by atoms with Crippen LogP contribution in [0.4, 0.5) is 5.69 Å². The lowest BCUT2D eigenvalue weighted by Gasteiger charge is -2.19. The third-order valence-corrected chi connectivity index (χ3v) is 5.12. The molecule has 1 aliphatic heterocycles. The Bertz CT molecular complexity index is 392. The number of benzene rings is 1. The summed E-state index contributed by atoms with van der Waals surface area (Å²) in [4.78, 5) is 10.4. The molecule has 0 amide bonds. The van der Waals surface area contributed by atoms with Crippen LogP contribution < -0.4 is 0 Å². The molecule has 0 saturated carbocycles. The second-order valence-electron chi connectivity index (χ2n) is 3.54. The van der Waals surface area contributed by atoms with Crippen LogP contribution >= 0.6 is 23.5 Å². The topological polar surface area (TPSA) is 52.4 Å². The normalized spacial score (nSPS) is 18.4. The first-order valence-corrected chi connectivity index (χ1v) is 7.42. The summed E-state index contributed by atoms with van der Waals surface area (Å²) in [6, 6.07) is 6.92. The van der Waals surface area contributed by atoms with Crippen molar-refractivity contribution in [1.29, 1.82) is 0 Å². The Morgan fingerprint density at radius 1 is 1.29 bits per heavy atom. The van der Waals surface area contributed by atoms with E-state index in [9.17, 15) is 10.1 Å². The first-order valence-electron chi connectivity index (χ1n) is 5.32. The van der Waals surface area contributed by atoms with Gasteiger partial charge < -0.3 is 4.74 Å². The fourth-order valence-electron chi connectivity index (χ4n) is 1.56. The van der Waals surface area contributed by atoms with Gasteiger partial charge in [0.1, 0.15) is 0 Å². The molecular formula is C11H13NO3S2. The van der Waals surface area contributed by atoms with Crippen LogP contribution in [0, 0.1) is 10.1 Å². The smallest absolute Gasteiger partial charge is 0.269 e. The van der Waals surface area contributed by atoms with Gasteiger partial charge in [0.15, 0.2) is 0 Å². The minimum atomic E-state index is -0.342. The summed E-state index contributed by atoms with van der Waals surface area (Å²) in [6.45, 7) is 1.52. The Morgan fingerprint density at radius 3 is 2.65 bits per heavy atom. The van der Waals surface area contributed by atoms with E-state index in [0.29, 0.717) is 0 Å². The summed E-state index contributed by atoms with van der Waals surface area (Å²) in [5.74, 6) is 1.86. The Hall–Kier alpha value is -0.720. The average Bonchev–Trinajstić information content (AvgIpc) is 2.28. The van der Waals surface area contributed by atoms with Gasteiger partial charge in [-0.15, -0.1) is 23.5 Å². The number of nitro groups is 1. The molecule has 0 radical (unpaired) electrons. The summed E-state index contributed by atoms with van der Waals surface area (Å²) in [7, 11) is 0. The minimum absolute atomic E-state index is 0.169. The Kier molecular flexibility index (Phi) is 4.70. The van der Waals surface area contributed by atoms with Gasteiger partial charge in [0.2, 0.25) is 0 Å². The first kappa shape index (κ1) is 12.7. The number of thioether (sulfide) groups is 2. The van der Waals surface area contributed by atoms with E-state index >= 15 is 0 Å². The molecule has 2 rings (SSSR count). The lowest BCUT2D eigenvalue weighted by molar-refractivity contribution is -0.384. The molecule has 1 saturated heterocycles. The van der Waals surface area contributed by atoms with Crippen LogP contribution in [0.5, 0.6) is 0 Å². The molecule has 0 spiro atoms. The molecule has 0 bridgehead atoms. The monoisotopic (exact) mass is 271 g/mol. The fraction of sp³-hybridized carbons (Fsp3) is 0.455.